The molecule has 1 N–H and O–H groups in total. The molecule has 12 heavy (non-hydrogen) atoms. The Balaban J connectivity index is 1.83. The lowest BCUT2D eigenvalue weighted by Crippen LogP contribution is -2.34. The van der Waals surface area contributed by atoms with E-state index in [4.69, 9.17) is 0 Å². The Bertz CT molecular complexity index is 135. The second-order valence-corrected chi connectivity index (χ2v) is 4.65. The zero-order valence-corrected chi connectivity index (χ0v) is 8.18. The fraction of sp³-hybridized carbons (Fsp3) is 1.00. The molecule has 2 aliphatic rings. The van der Waals surface area contributed by atoms with Crippen LogP contribution in [-0.4, -0.2) is 12.1 Å². The molecule has 1 nitrogen and oxygen atoms in total. The summed E-state index contributed by atoms with van der Waals surface area (Å²) in [5, 5.41) is 3.72. The Labute approximate surface area is 75.9 Å². The van der Waals surface area contributed by atoms with Crippen LogP contribution in [0.3, 0.4) is 0 Å². The van der Waals surface area contributed by atoms with E-state index in [1.54, 1.807) is 0 Å². The van der Waals surface area contributed by atoms with Crippen LogP contribution in [0, 0.1) is 5.92 Å². The Hall–Kier alpha value is -0.0400. The third-order valence-corrected chi connectivity index (χ3v) is 3.63. The van der Waals surface area contributed by atoms with E-state index >= 15 is 0 Å². The lowest BCUT2D eigenvalue weighted by molar-refractivity contribution is 0.283. The SMILES string of the molecule is C[C@H]1CCC(C2CCCCC2)N1. The van der Waals surface area contributed by atoms with Gasteiger partial charge in [0, 0.05) is 12.1 Å². The second-order valence-electron chi connectivity index (χ2n) is 4.65. The third-order valence-electron chi connectivity index (χ3n) is 3.63. The maximum absolute atomic E-state index is 3.72. The van der Waals surface area contributed by atoms with Gasteiger partial charge in [0.15, 0.2) is 0 Å². The van der Waals surface area contributed by atoms with Crippen LogP contribution in [-0.2, 0) is 0 Å². The van der Waals surface area contributed by atoms with Gasteiger partial charge in [0.2, 0.25) is 0 Å². The molecule has 0 amide bonds. The van der Waals surface area contributed by atoms with E-state index in [1.807, 2.05) is 0 Å². The van der Waals surface area contributed by atoms with Gasteiger partial charge in [0.25, 0.3) is 0 Å². The predicted octanol–water partition coefficient (Wildman–Crippen LogP) is 2.71. The Morgan fingerprint density at radius 1 is 0.917 bits per heavy atom. The Morgan fingerprint density at radius 2 is 1.67 bits per heavy atom. The van der Waals surface area contributed by atoms with Gasteiger partial charge >= 0.3 is 0 Å². The molecule has 0 aromatic carbocycles. The smallest absolute Gasteiger partial charge is 0.00983 e. The van der Waals surface area contributed by atoms with Crippen LogP contribution in [0.15, 0.2) is 0 Å². The molecule has 1 heteroatoms. The summed E-state index contributed by atoms with van der Waals surface area (Å²) in [6.45, 7) is 2.32. The number of rotatable bonds is 1. The molecule has 1 heterocycles. The molecule has 1 saturated heterocycles. The first-order valence-corrected chi connectivity index (χ1v) is 5.62. The summed E-state index contributed by atoms with van der Waals surface area (Å²) in [4.78, 5) is 0. The monoisotopic (exact) mass is 167 g/mol. The van der Waals surface area contributed by atoms with Crippen molar-refractivity contribution < 1.29 is 0 Å². The maximum Gasteiger partial charge on any atom is 0.00983 e. The van der Waals surface area contributed by atoms with Gasteiger partial charge in [-0.3, -0.25) is 0 Å². The minimum Gasteiger partial charge on any atom is -0.311 e. The zero-order valence-electron chi connectivity index (χ0n) is 8.18. The van der Waals surface area contributed by atoms with Crippen LogP contribution in [0.2, 0.25) is 0 Å². The fourth-order valence-electron chi connectivity index (χ4n) is 2.87. The van der Waals surface area contributed by atoms with E-state index in [0.29, 0.717) is 0 Å². The van der Waals surface area contributed by atoms with Gasteiger partial charge in [-0.15, -0.1) is 0 Å². The van der Waals surface area contributed by atoms with Crippen molar-refractivity contribution in [3.63, 3.8) is 0 Å². The van der Waals surface area contributed by atoms with Crippen LogP contribution in [0.5, 0.6) is 0 Å². The molecule has 0 spiro atoms. The van der Waals surface area contributed by atoms with Crippen molar-refractivity contribution in [2.45, 2.75) is 64.0 Å². The fourth-order valence-corrected chi connectivity index (χ4v) is 2.87. The van der Waals surface area contributed by atoms with Crippen molar-refractivity contribution in [3.8, 4) is 0 Å². The van der Waals surface area contributed by atoms with E-state index in [9.17, 15) is 0 Å². The quantitative estimate of drug-likeness (QED) is 0.633. The summed E-state index contributed by atoms with van der Waals surface area (Å²) < 4.78 is 0. The van der Waals surface area contributed by atoms with Crippen LogP contribution < -0.4 is 5.32 Å². The van der Waals surface area contributed by atoms with E-state index < -0.39 is 0 Å². The molecule has 0 aromatic rings. The highest BCUT2D eigenvalue weighted by molar-refractivity contribution is 4.87. The van der Waals surface area contributed by atoms with Crippen molar-refractivity contribution in [3.05, 3.63) is 0 Å². The minimum absolute atomic E-state index is 0.789. The summed E-state index contributed by atoms with van der Waals surface area (Å²) in [6.07, 6.45) is 10.3. The zero-order chi connectivity index (χ0) is 8.39. The summed E-state index contributed by atoms with van der Waals surface area (Å²) in [5.74, 6) is 1.02. The Kier molecular flexibility index (Phi) is 2.69. The van der Waals surface area contributed by atoms with Gasteiger partial charge in [0.1, 0.15) is 0 Å². The molecule has 1 aliphatic carbocycles. The van der Waals surface area contributed by atoms with Crippen molar-refractivity contribution in [2.24, 2.45) is 5.92 Å². The normalized spacial score (nSPS) is 38.8. The Morgan fingerprint density at radius 3 is 2.25 bits per heavy atom. The highest BCUT2D eigenvalue weighted by Crippen LogP contribution is 2.31. The molecular weight excluding hydrogens is 146 g/mol. The molecule has 1 saturated carbocycles. The molecule has 2 rings (SSSR count). The molecule has 1 unspecified atom stereocenters. The second kappa shape index (κ2) is 3.78. The van der Waals surface area contributed by atoms with Crippen molar-refractivity contribution in [1.29, 1.82) is 0 Å². The van der Waals surface area contributed by atoms with Gasteiger partial charge in [0.05, 0.1) is 0 Å². The number of nitrogens with one attached hydrogen (secondary N) is 1. The third kappa shape index (κ3) is 1.82. The first-order valence-electron chi connectivity index (χ1n) is 5.62. The predicted molar refractivity (Wildman–Crippen MR) is 52.2 cm³/mol. The van der Waals surface area contributed by atoms with Gasteiger partial charge in [-0.05, 0) is 38.5 Å². The largest absolute Gasteiger partial charge is 0.311 e. The van der Waals surface area contributed by atoms with Crippen molar-refractivity contribution in [1.82, 2.24) is 5.32 Å². The average Bonchev–Trinajstić information content (AvgIpc) is 2.54. The van der Waals surface area contributed by atoms with E-state index in [2.05, 4.69) is 12.2 Å². The van der Waals surface area contributed by atoms with E-state index in [0.717, 1.165) is 18.0 Å². The number of hydrogen-bond acceptors (Lipinski definition) is 1. The maximum atomic E-state index is 3.72. The molecular formula is C11H21N. The van der Waals surface area contributed by atoms with Gasteiger partial charge in [-0.25, -0.2) is 0 Å². The highest BCUT2D eigenvalue weighted by atomic mass is 15.0. The summed E-state index contributed by atoms with van der Waals surface area (Å²) >= 11 is 0. The molecule has 0 bridgehead atoms. The first-order chi connectivity index (χ1) is 5.86. The van der Waals surface area contributed by atoms with Gasteiger partial charge < -0.3 is 5.32 Å². The summed E-state index contributed by atoms with van der Waals surface area (Å²) in [6, 6.07) is 1.66. The molecule has 0 aromatic heterocycles. The molecule has 70 valence electrons. The lowest BCUT2D eigenvalue weighted by Gasteiger charge is -2.27. The van der Waals surface area contributed by atoms with Crippen LogP contribution in [0.1, 0.15) is 51.9 Å². The van der Waals surface area contributed by atoms with Crippen molar-refractivity contribution >= 4 is 0 Å². The average molecular weight is 167 g/mol. The van der Waals surface area contributed by atoms with Gasteiger partial charge in [-0.1, -0.05) is 19.3 Å². The van der Waals surface area contributed by atoms with Crippen LogP contribution >= 0.6 is 0 Å². The molecule has 2 atom stereocenters. The molecule has 0 radical (unpaired) electrons. The van der Waals surface area contributed by atoms with Gasteiger partial charge in [-0.2, -0.15) is 0 Å². The topological polar surface area (TPSA) is 12.0 Å². The summed E-state index contributed by atoms with van der Waals surface area (Å²) in [5.41, 5.74) is 0. The first kappa shape index (κ1) is 8.55. The molecule has 1 aliphatic heterocycles. The lowest BCUT2D eigenvalue weighted by atomic mass is 9.83. The van der Waals surface area contributed by atoms with Crippen LogP contribution in [0.4, 0.5) is 0 Å². The van der Waals surface area contributed by atoms with Crippen LogP contribution in [0.25, 0.3) is 0 Å². The standard InChI is InChI=1S/C11H21N/c1-9-7-8-11(12-9)10-5-3-2-4-6-10/h9-12H,2-8H2,1H3/t9-,11?/m0/s1. The minimum atomic E-state index is 0.789. The molecule has 2 fully saturated rings. The van der Waals surface area contributed by atoms with Crippen molar-refractivity contribution in [2.75, 3.05) is 0 Å². The summed E-state index contributed by atoms with van der Waals surface area (Å²) in [7, 11) is 0. The number of hydrogen-bond donors (Lipinski definition) is 1. The highest BCUT2D eigenvalue weighted by Gasteiger charge is 2.28. The van der Waals surface area contributed by atoms with E-state index in [1.165, 1.54) is 44.9 Å². The van der Waals surface area contributed by atoms with E-state index in [-0.39, 0.29) is 0 Å².